The first kappa shape index (κ1) is 14.6. The highest BCUT2D eigenvalue weighted by atomic mass is 32.2. The van der Waals surface area contributed by atoms with E-state index in [4.69, 9.17) is 0 Å². The molecule has 2 aromatic rings. The first-order chi connectivity index (χ1) is 9.65. The summed E-state index contributed by atoms with van der Waals surface area (Å²) in [5.74, 6) is 1.59. The predicted octanol–water partition coefficient (Wildman–Crippen LogP) is 2.25. The molecule has 5 nitrogen and oxygen atoms in total. The van der Waals surface area contributed by atoms with Crippen molar-refractivity contribution in [1.29, 1.82) is 0 Å². The first-order valence-corrected chi connectivity index (χ1v) is 7.41. The summed E-state index contributed by atoms with van der Waals surface area (Å²) in [5, 5.41) is 6.52. The lowest BCUT2D eigenvalue weighted by Crippen LogP contribution is -2.26. The molecule has 1 N–H and O–H groups in total. The third-order valence-corrected chi connectivity index (χ3v) is 3.90. The lowest BCUT2D eigenvalue weighted by atomic mass is 10.2. The molecular weight excluding hydrogens is 272 g/mol. The predicted molar refractivity (Wildman–Crippen MR) is 79.4 cm³/mol. The van der Waals surface area contributed by atoms with Gasteiger partial charge in [0.2, 0.25) is 5.91 Å². The van der Waals surface area contributed by atoms with Gasteiger partial charge in [0.15, 0.2) is 0 Å². The average Bonchev–Trinajstić information content (AvgIpc) is 2.93. The van der Waals surface area contributed by atoms with Crippen LogP contribution in [-0.2, 0) is 11.3 Å². The van der Waals surface area contributed by atoms with Gasteiger partial charge in [-0.2, -0.15) is 5.10 Å². The number of aromatic nitrogens is 3. The first-order valence-electron chi connectivity index (χ1n) is 6.43. The number of carbonyl (C=O) groups excluding carboxylic acids is 1. The average molecular weight is 290 g/mol. The Balaban J connectivity index is 1.73. The van der Waals surface area contributed by atoms with Gasteiger partial charge in [-0.05, 0) is 19.1 Å². The Hall–Kier alpha value is -1.82. The Morgan fingerprint density at radius 1 is 1.35 bits per heavy atom. The molecule has 1 aromatic heterocycles. The molecule has 6 heteroatoms. The summed E-state index contributed by atoms with van der Waals surface area (Å²) in [6, 6.07) is 8.34. The van der Waals surface area contributed by atoms with Gasteiger partial charge in [0.05, 0.1) is 6.54 Å². The monoisotopic (exact) mass is 290 g/mol. The second kappa shape index (κ2) is 7.09. The summed E-state index contributed by atoms with van der Waals surface area (Å²) in [7, 11) is 1.78. The van der Waals surface area contributed by atoms with Gasteiger partial charge in [-0.25, -0.2) is 4.98 Å². The number of nitrogens with one attached hydrogen (secondary N) is 1. The third-order valence-electron chi connectivity index (χ3n) is 2.88. The fraction of sp³-hybridized carbons (Fsp3) is 0.357. The Kier molecular flexibility index (Phi) is 5.17. The SMILES string of the molecule is Cc1ccc(SCCC(=O)N(C)Cc2ncn[nH]2)cc1. The highest BCUT2D eigenvalue weighted by molar-refractivity contribution is 7.99. The number of aromatic amines is 1. The summed E-state index contributed by atoms with van der Waals surface area (Å²) < 4.78 is 0. The molecule has 0 aliphatic carbocycles. The van der Waals surface area contributed by atoms with E-state index in [1.807, 2.05) is 0 Å². The number of benzene rings is 1. The van der Waals surface area contributed by atoms with Crippen molar-refractivity contribution in [1.82, 2.24) is 20.1 Å². The number of thioether (sulfide) groups is 1. The van der Waals surface area contributed by atoms with Crippen molar-refractivity contribution in [3.63, 3.8) is 0 Å². The fourth-order valence-electron chi connectivity index (χ4n) is 1.70. The van der Waals surface area contributed by atoms with E-state index in [1.165, 1.54) is 16.8 Å². The molecule has 0 aliphatic rings. The number of H-pyrrole nitrogens is 1. The molecule has 1 heterocycles. The van der Waals surface area contributed by atoms with Crippen LogP contribution < -0.4 is 0 Å². The molecule has 2 rings (SSSR count). The zero-order chi connectivity index (χ0) is 14.4. The van der Waals surface area contributed by atoms with E-state index in [2.05, 4.69) is 46.4 Å². The van der Waals surface area contributed by atoms with Gasteiger partial charge in [-0.3, -0.25) is 9.89 Å². The Morgan fingerprint density at radius 3 is 2.75 bits per heavy atom. The van der Waals surface area contributed by atoms with Crippen LogP contribution in [0, 0.1) is 6.92 Å². The quantitative estimate of drug-likeness (QED) is 0.829. The number of hydrogen-bond donors (Lipinski definition) is 1. The van der Waals surface area contributed by atoms with Gasteiger partial charge < -0.3 is 4.90 Å². The highest BCUT2D eigenvalue weighted by Gasteiger charge is 2.10. The molecule has 106 valence electrons. The van der Waals surface area contributed by atoms with Gasteiger partial charge >= 0.3 is 0 Å². The van der Waals surface area contributed by atoms with Crippen molar-refractivity contribution in [3.05, 3.63) is 42.0 Å². The maximum Gasteiger partial charge on any atom is 0.223 e. The molecule has 0 saturated heterocycles. The maximum atomic E-state index is 12.0. The standard InChI is InChI=1S/C14H18N4OS/c1-11-3-5-12(6-4-11)20-8-7-14(19)18(2)9-13-15-10-16-17-13/h3-6,10H,7-9H2,1-2H3,(H,15,16,17). The van der Waals surface area contributed by atoms with Crippen molar-refractivity contribution in [2.75, 3.05) is 12.8 Å². The van der Waals surface area contributed by atoms with E-state index in [1.54, 1.807) is 23.7 Å². The van der Waals surface area contributed by atoms with Crippen LogP contribution in [0.4, 0.5) is 0 Å². The maximum absolute atomic E-state index is 12.0. The third kappa shape index (κ3) is 4.38. The van der Waals surface area contributed by atoms with E-state index in [0.29, 0.717) is 18.8 Å². The number of aryl methyl sites for hydroxylation is 1. The van der Waals surface area contributed by atoms with Crippen LogP contribution in [0.15, 0.2) is 35.5 Å². The van der Waals surface area contributed by atoms with Crippen molar-refractivity contribution >= 4 is 17.7 Å². The van der Waals surface area contributed by atoms with Crippen molar-refractivity contribution in [2.24, 2.45) is 0 Å². The van der Waals surface area contributed by atoms with E-state index < -0.39 is 0 Å². The molecule has 1 aromatic carbocycles. The van der Waals surface area contributed by atoms with Crippen LogP contribution in [0.1, 0.15) is 17.8 Å². The lowest BCUT2D eigenvalue weighted by molar-refractivity contribution is -0.130. The van der Waals surface area contributed by atoms with Crippen molar-refractivity contribution < 1.29 is 4.79 Å². The lowest BCUT2D eigenvalue weighted by Gasteiger charge is -2.15. The minimum absolute atomic E-state index is 0.112. The van der Waals surface area contributed by atoms with E-state index in [0.717, 1.165) is 5.75 Å². The zero-order valence-electron chi connectivity index (χ0n) is 11.7. The Morgan fingerprint density at radius 2 is 2.10 bits per heavy atom. The van der Waals surface area contributed by atoms with Gasteiger partial charge in [0.1, 0.15) is 12.2 Å². The van der Waals surface area contributed by atoms with Gasteiger partial charge in [-0.1, -0.05) is 17.7 Å². The minimum atomic E-state index is 0.112. The molecule has 0 radical (unpaired) electrons. The molecule has 1 amide bonds. The molecule has 0 saturated carbocycles. The summed E-state index contributed by atoms with van der Waals surface area (Å²) >= 11 is 1.70. The fourth-order valence-corrected chi connectivity index (χ4v) is 2.54. The largest absolute Gasteiger partial charge is 0.338 e. The molecule has 0 spiro atoms. The smallest absolute Gasteiger partial charge is 0.223 e. The van der Waals surface area contributed by atoms with E-state index in [-0.39, 0.29) is 5.91 Å². The second-order valence-electron chi connectivity index (χ2n) is 4.59. The van der Waals surface area contributed by atoms with Crippen LogP contribution in [0.2, 0.25) is 0 Å². The molecule has 20 heavy (non-hydrogen) atoms. The molecule has 0 aliphatic heterocycles. The highest BCUT2D eigenvalue weighted by Crippen LogP contribution is 2.19. The second-order valence-corrected chi connectivity index (χ2v) is 5.76. The minimum Gasteiger partial charge on any atom is -0.338 e. The molecule has 0 atom stereocenters. The Bertz CT molecular complexity index is 539. The molecule has 0 unspecified atom stereocenters. The van der Waals surface area contributed by atoms with Gasteiger partial charge in [0.25, 0.3) is 0 Å². The Labute approximate surface area is 122 Å². The summed E-state index contributed by atoms with van der Waals surface area (Å²) in [5.41, 5.74) is 1.25. The molecule has 0 fully saturated rings. The van der Waals surface area contributed by atoms with Crippen LogP contribution in [0.3, 0.4) is 0 Å². The number of nitrogens with zero attached hydrogens (tertiary/aromatic N) is 3. The summed E-state index contributed by atoms with van der Waals surface area (Å²) in [6.45, 7) is 2.53. The van der Waals surface area contributed by atoms with Crippen molar-refractivity contribution in [3.8, 4) is 0 Å². The number of carbonyl (C=O) groups is 1. The van der Waals surface area contributed by atoms with E-state index in [9.17, 15) is 4.79 Å². The normalized spacial score (nSPS) is 10.5. The van der Waals surface area contributed by atoms with Crippen molar-refractivity contribution in [2.45, 2.75) is 24.8 Å². The summed E-state index contributed by atoms with van der Waals surface area (Å²) in [6.07, 6.45) is 1.96. The van der Waals surface area contributed by atoms with Crippen LogP contribution in [0.5, 0.6) is 0 Å². The number of hydrogen-bond acceptors (Lipinski definition) is 4. The molecular formula is C14H18N4OS. The van der Waals surface area contributed by atoms with E-state index >= 15 is 0 Å². The number of amides is 1. The summed E-state index contributed by atoms with van der Waals surface area (Å²) in [4.78, 5) is 18.8. The number of rotatable bonds is 6. The van der Waals surface area contributed by atoms with Crippen LogP contribution >= 0.6 is 11.8 Å². The topological polar surface area (TPSA) is 61.9 Å². The van der Waals surface area contributed by atoms with Crippen LogP contribution in [-0.4, -0.2) is 38.8 Å². The van der Waals surface area contributed by atoms with Gasteiger partial charge in [0, 0.05) is 24.1 Å². The van der Waals surface area contributed by atoms with Crippen LogP contribution in [0.25, 0.3) is 0 Å². The van der Waals surface area contributed by atoms with Gasteiger partial charge in [-0.15, -0.1) is 11.8 Å². The molecule has 0 bridgehead atoms. The zero-order valence-corrected chi connectivity index (χ0v) is 12.5.